The highest BCUT2D eigenvalue weighted by Crippen LogP contribution is 2.22. The van der Waals surface area contributed by atoms with Crippen molar-refractivity contribution in [3.05, 3.63) is 65.2 Å². The molecule has 0 radical (unpaired) electrons. The molecule has 0 saturated carbocycles. The number of amides is 1. The fourth-order valence-electron chi connectivity index (χ4n) is 3.57. The molecule has 2 aromatic heterocycles. The summed E-state index contributed by atoms with van der Waals surface area (Å²) in [5, 5.41) is 12.4. The van der Waals surface area contributed by atoms with Crippen LogP contribution in [-0.2, 0) is 11.3 Å². The highest BCUT2D eigenvalue weighted by molar-refractivity contribution is 6.30. The zero-order valence-corrected chi connectivity index (χ0v) is 17.0. The molecular weight excluding hydrogens is 388 g/mol. The van der Waals surface area contributed by atoms with Gasteiger partial charge in [0.2, 0.25) is 5.91 Å². The molecule has 1 aliphatic rings. The van der Waals surface area contributed by atoms with E-state index in [1.54, 1.807) is 6.20 Å². The van der Waals surface area contributed by atoms with Gasteiger partial charge >= 0.3 is 0 Å². The third-order valence-corrected chi connectivity index (χ3v) is 5.46. The Labute approximate surface area is 174 Å². The summed E-state index contributed by atoms with van der Waals surface area (Å²) in [6.45, 7) is 3.95. The molecule has 1 saturated heterocycles. The SMILES string of the molecule is Cc1nccn1-c1ccc(N2CCCC(C(=O)NCc3ccc(Cl)cc3)C2)nn1. The van der Waals surface area contributed by atoms with Crippen LogP contribution >= 0.6 is 11.6 Å². The van der Waals surface area contributed by atoms with Crippen molar-refractivity contribution < 1.29 is 4.79 Å². The molecule has 1 aliphatic heterocycles. The maximum atomic E-state index is 12.7. The van der Waals surface area contributed by atoms with Gasteiger partial charge in [0.1, 0.15) is 5.82 Å². The highest BCUT2D eigenvalue weighted by atomic mass is 35.5. The third kappa shape index (κ3) is 4.56. The molecule has 1 fully saturated rings. The molecule has 1 atom stereocenters. The second-order valence-corrected chi connectivity index (χ2v) is 7.66. The Balaban J connectivity index is 1.37. The zero-order valence-electron chi connectivity index (χ0n) is 16.3. The van der Waals surface area contributed by atoms with Crippen molar-refractivity contribution in [1.29, 1.82) is 0 Å². The lowest BCUT2D eigenvalue weighted by Crippen LogP contribution is -2.43. The summed E-state index contributed by atoms with van der Waals surface area (Å²) < 4.78 is 1.89. The number of carbonyl (C=O) groups excluding carboxylic acids is 1. The maximum Gasteiger partial charge on any atom is 0.225 e. The number of aromatic nitrogens is 4. The van der Waals surface area contributed by atoms with Crippen molar-refractivity contribution in [1.82, 2.24) is 25.1 Å². The number of anilines is 1. The van der Waals surface area contributed by atoms with Gasteiger partial charge in [0.05, 0.1) is 5.92 Å². The molecule has 0 bridgehead atoms. The van der Waals surface area contributed by atoms with Gasteiger partial charge in [-0.2, -0.15) is 0 Å². The second-order valence-electron chi connectivity index (χ2n) is 7.22. The molecule has 1 amide bonds. The molecule has 8 heteroatoms. The molecule has 3 heterocycles. The molecule has 1 unspecified atom stereocenters. The lowest BCUT2D eigenvalue weighted by atomic mass is 9.97. The van der Waals surface area contributed by atoms with Crippen molar-refractivity contribution in [2.75, 3.05) is 18.0 Å². The number of hydrogen-bond donors (Lipinski definition) is 1. The van der Waals surface area contributed by atoms with Gasteiger partial charge in [0.15, 0.2) is 11.6 Å². The summed E-state index contributed by atoms with van der Waals surface area (Å²) in [7, 11) is 0. The van der Waals surface area contributed by atoms with Crippen molar-refractivity contribution in [3.8, 4) is 5.82 Å². The van der Waals surface area contributed by atoms with Crippen LogP contribution in [0.1, 0.15) is 24.2 Å². The first-order valence-electron chi connectivity index (χ1n) is 9.71. The number of imidazole rings is 1. The lowest BCUT2D eigenvalue weighted by Gasteiger charge is -2.32. The Morgan fingerprint density at radius 2 is 1.93 bits per heavy atom. The molecule has 7 nitrogen and oxygen atoms in total. The minimum Gasteiger partial charge on any atom is -0.354 e. The van der Waals surface area contributed by atoms with Crippen molar-refractivity contribution in [2.24, 2.45) is 5.92 Å². The molecule has 4 rings (SSSR count). The molecule has 150 valence electrons. The van der Waals surface area contributed by atoms with Crippen LogP contribution < -0.4 is 10.2 Å². The standard InChI is InChI=1S/C21H23ClN6O/c1-15-23-10-12-28(15)20-9-8-19(25-26-20)27-11-2-3-17(14-27)21(29)24-13-16-4-6-18(22)7-5-16/h4-10,12,17H,2-3,11,13-14H2,1H3,(H,24,29). The Morgan fingerprint density at radius 3 is 2.62 bits per heavy atom. The number of hydrogen-bond acceptors (Lipinski definition) is 5. The van der Waals surface area contributed by atoms with Gasteiger partial charge in [-0.25, -0.2) is 4.98 Å². The number of rotatable bonds is 5. The molecule has 29 heavy (non-hydrogen) atoms. The first-order chi connectivity index (χ1) is 14.1. The first-order valence-corrected chi connectivity index (χ1v) is 10.1. The van der Waals surface area contributed by atoms with E-state index in [0.717, 1.165) is 42.4 Å². The van der Waals surface area contributed by atoms with Gasteiger partial charge in [-0.3, -0.25) is 9.36 Å². The van der Waals surface area contributed by atoms with Crippen LogP contribution in [-0.4, -0.2) is 38.7 Å². The molecule has 3 aromatic rings. The van der Waals surface area contributed by atoms with Gasteiger partial charge in [-0.1, -0.05) is 23.7 Å². The van der Waals surface area contributed by atoms with Crippen LogP contribution in [0.2, 0.25) is 5.02 Å². The van der Waals surface area contributed by atoms with Crippen LogP contribution in [0.3, 0.4) is 0 Å². The normalized spacial score (nSPS) is 16.6. The molecule has 1 N–H and O–H groups in total. The Morgan fingerprint density at radius 1 is 1.17 bits per heavy atom. The number of halogens is 1. The molecule has 1 aromatic carbocycles. The largest absolute Gasteiger partial charge is 0.354 e. The van der Waals surface area contributed by atoms with E-state index in [4.69, 9.17) is 11.6 Å². The molecular formula is C21H23ClN6O. The summed E-state index contributed by atoms with van der Waals surface area (Å²) >= 11 is 5.91. The zero-order chi connectivity index (χ0) is 20.2. The Hall–Kier alpha value is -2.93. The smallest absolute Gasteiger partial charge is 0.225 e. The van der Waals surface area contributed by atoms with Gasteiger partial charge in [0.25, 0.3) is 0 Å². The highest BCUT2D eigenvalue weighted by Gasteiger charge is 2.26. The van der Waals surface area contributed by atoms with Gasteiger partial charge in [0, 0.05) is 37.1 Å². The minimum atomic E-state index is -0.0616. The van der Waals surface area contributed by atoms with Gasteiger partial charge in [-0.05, 0) is 49.6 Å². The van der Waals surface area contributed by atoms with E-state index < -0.39 is 0 Å². The fraction of sp³-hybridized carbons (Fsp3) is 0.333. The van der Waals surface area contributed by atoms with Gasteiger partial charge in [-0.15, -0.1) is 10.2 Å². The Kier molecular flexibility index (Phi) is 5.76. The average molecular weight is 411 g/mol. The predicted octanol–water partition coefficient (Wildman–Crippen LogP) is 3.16. The average Bonchev–Trinajstić information content (AvgIpc) is 3.19. The maximum absolute atomic E-state index is 12.7. The number of nitrogens with one attached hydrogen (secondary N) is 1. The summed E-state index contributed by atoms with van der Waals surface area (Å²) in [6, 6.07) is 11.4. The lowest BCUT2D eigenvalue weighted by molar-refractivity contribution is -0.125. The second kappa shape index (κ2) is 8.61. The van der Waals surface area contributed by atoms with E-state index >= 15 is 0 Å². The van der Waals surface area contributed by atoms with Crippen LogP contribution in [0.25, 0.3) is 5.82 Å². The number of benzene rings is 1. The number of nitrogens with zero attached hydrogens (tertiary/aromatic N) is 5. The summed E-state index contributed by atoms with van der Waals surface area (Å²) in [6.07, 6.45) is 5.43. The van der Waals surface area contributed by atoms with E-state index in [2.05, 4.69) is 25.4 Å². The van der Waals surface area contributed by atoms with Crippen molar-refractivity contribution in [2.45, 2.75) is 26.3 Å². The monoisotopic (exact) mass is 410 g/mol. The number of carbonyl (C=O) groups is 1. The van der Waals surface area contributed by atoms with Gasteiger partial charge < -0.3 is 10.2 Å². The van der Waals surface area contributed by atoms with Crippen LogP contribution in [0.5, 0.6) is 0 Å². The Bertz CT molecular complexity index is 970. The summed E-state index contributed by atoms with van der Waals surface area (Å²) in [5.41, 5.74) is 1.03. The van der Waals surface area contributed by atoms with Crippen LogP contribution in [0.4, 0.5) is 5.82 Å². The molecule has 0 aliphatic carbocycles. The molecule has 0 spiro atoms. The van der Waals surface area contributed by atoms with E-state index in [1.807, 2.05) is 54.1 Å². The number of piperidine rings is 1. The number of aryl methyl sites for hydroxylation is 1. The summed E-state index contributed by atoms with van der Waals surface area (Å²) in [4.78, 5) is 19.0. The van der Waals surface area contributed by atoms with Crippen LogP contribution in [0, 0.1) is 12.8 Å². The van der Waals surface area contributed by atoms with E-state index in [-0.39, 0.29) is 11.8 Å². The topological polar surface area (TPSA) is 75.9 Å². The van der Waals surface area contributed by atoms with Crippen molar-refractivity contribution >= 4 is 23.3 Å². The van der Waals surface area contributed by atoms with Crippen LogP contribution in [0.15, 0.2) is 48.8 Å². The minimum absolute atomic E-state index is 0.0616. The quantitative estimate of drug-likeness (QED) is 0.699. The predicted molar refractivity (Wildman–Crippen MR) is 112 cm³/mol. The van der Waals surface area contributed by atoms with E-state index in [9.17, 15) is 4.79 Å². The summed E-state index contributed by atoms with van der Waals surface area (Å²) in [5.74, 6) is 2.40. The first kappa shape index (κ1) is 19.4. The van der Waals surface area contributed by atoms with E-state index in [0.29, 0.717) is 18.1 Å². The van der Waals surface area contributed by atoms with Crippen molar-refractivity contribution in [3.63, 3.8) is 0 Å². The van der Waals surface area contributed by atoms with E-state index in [1.165, 1.54) is 0 Å². The fourth-order valence-corrected chi connectivity index (χ4v) is 3.70. The third-order valence-electron chi connectivity index (χ3n) is 5.21.